The Kier molecular flexibility index (Phi) is 6.64. The number of rotatable bonds is 4. The third-order valence-electron chi connectivity index (χ3n) is 2.10. The molecule has 0 amide bonds. The van der Waals surface area contributed by atoms with Gasteiger partial charge in [0.1, 0.15) is 32.9 Å². The van der Waals surface area contributed by atoms with Gasteiger partial charge in [-0.1, -0.05) is 18.2 Å². The second-order valence-corrected chi connectivity index (χ2v) is 5.79. The fourth-order valence-corrected chi connectivity index (χ4v) is 2.08. The topological polar surface area (TPSA) is 45.4 Å². The largest absolute Gasteiger partial charge is 0.453 e. The molecule has 0 aromatic carbocycles. The van der Waals surface area contributed by atoms with Crippen LogP contribution in [0.4, 0.5) is 13.2 Å². The molecule has 0 heterocycles. The van der Waals surface area contributed by atoms with Crippen molar-refractivity contribution in [3.05, 3.63) is 47.6 Å². The van der Waals surface area contributed by atoms with Gasteiger partial charge in [-0.2, -0.15) is 21.6 Å². The molecule has 1 rings (SSSR count). The fraction of sp³-hybridized carbons (Fsp3) is 0.308. The van der Waals surface area contributed by atoms with Gasteiger partial charge in [0.15, 0.2) is 0 Å². The van der Waals surface area contributed by atoms with Crippen molar-refractivity contribution in [2.45, 2.75) is 23.9 Å². The summed E-state index contributed by atoms with van der Waals surface area (Å²) >= 11 is -2.36. The zero-order valence-corrected chi connectivity index (χ0v) is 12.8. The number of hydrogen-bond acceptors (Lipinski definition) is 3. The molecule has 0 fully saturated rings. The lowest BCUT2D eigenvalue weighted by atomic mass is 10.1. The van der Waals surface area contributed by atoms with Crippen LogP contribution in [-0.4, -0.2) is 4.18 Å². The Morgan fingerprint density at radius 1 is 1.45 bits per heavy atom. The van der Waals surface area contributed by atoms with Crippen molar-refractivity contribution < 1.29 is 17.9 Å². The summed E-state index contributed by atoms with van der Waals surface area (Å²) in [4.78, 5) is 0. The molecule has 1 aliphatic rings. The van der Waals surface area contributed by atoms with Gasteiger partial charge in [0.05, 0.1) is 5.57 Å². The maximum Gasteiger partial charge on any atom is 0.453 e. The van der Waals surface area contributed by atoms with Crippen LogP contribution in [0.5, 0.6) is 0 Å². The van der Waals surface area contributed by atoms with E-state index in [9.17, 15) is 13.2 Å². The first-order valence-corrected chi connectivity index (χ1v) is 7.75. The third-order valence-corrected chi connectivity index (χ3v) is 3.36. The average Bonchev–Trinajstić information content (AvgIpc) is 2.41. The molecule has 0 saturated carbocycles. The monoisotopic (exact) mass is 396 g/mol. The van der Waals surface area contributed by atoms with Crippen LogP contribution in [0.1, 0.15) is 19.8 Å². The number of ether oxygens (including phenoxy) is 1. The zero-order valence-electron chi connectivity index (χ0n) is 10.6. The van der Waals surface area contributed by atoms with Gasteiger partial charge in [0, 0.05) is 6.08 Å². The van der Waals surface area contributed by atoms with Crippen LogP contribution in [0.15, 0.2) is 50.7 Å². The maximum absolute atomic E-state index is 12.2. The van der Waals surface area contributed by atoms with Gasteiger partial charge in [-0.3, -0.25) is 0 Å². The van der Waals surface area contributed by atoms with Gasteiger partial charge in [-0.05, 0) is 25.8 Å². The highest BCUT2D eigenvalue weighted by molar-refractivity contribution is 14.2. The standard InChI is InChI=1S/C13H12F3IN2O/c1-2-3-8-12(19-17-13(14,15)16)20-11-7-5-4-6-10(11)9-18/h2-3,6-8H,4-5H2,1H3/b3-2-,12-8+. The molecule has 0 radical (unpaired) electrons. The molecule has 7 heteroatoms. The van der Waals surface area contributed by atoms with Crippen LogP contribution in [0.25, 0.3) is 0 Å². The number of nitriles is 1. The molecule has 0 spiro atoms. The molecular formula is C13H12F3IN2O. The minimum Gasteiger partial charge on any atom is -0.438 e. The molecule has 0 bridgehead atoms. The number of nitrogens with zero attached hydrogens (tertiary/aromatic N) is 2. The van der Waals surface area contributed by atoms with E-state index >= 15 is 0 Å². The van der Waals surface area contributed by atoms with Gasteiger partial charge in [0.2, 0.25) is 5.88 Å². The van der Waals surface area contributed by atoms with Gasteiger partial charge in [0.25, 0.3) is 0 Å². The molecule has 0 aromatic rings. The summed E-state index contributed by atoms with van der Waals surface area (Å²) < 4.78 is 41.2. The van der Waals surface area contributed by atoms with E-state index in [0.29, 0.717) is 12.0 Å². The maximum atomic E-state index is 12.2. The van der Waals surface area contributed by atoms with Crippen LogP contribution in [0.2, 0.25) is 0 Å². The van der Waals surface area contributed by atoms with E-state index in [1.54, 1.807) is 25.2 Å². The van der Waals surface area contributed by atoms with Crippen molar-refractivity contribution in [3.8, 4) is 6.07 Å². The van der Waals surface area contributed by atoms with Crippen LogP contribution in [-0.2, 0) is 4.74 Å². The molecular weight excluding hydrogens is 384 g/mol. The summed E-state index contributed by atoms with van der Waals surface area (Å²) in [6.45, 7) is 1.73. The number of hydrogen-bond donors (Lipinski definition) is 0. The lowest BCUT2D eigenvalue weighted by Crippen LogP contribution is -1.98. The Bertz CT molecular complexity index is 537. The van der Waals surface area contributed by atoms with E-state index in [1.807, 2.05) is 6.07 Å². The normalized spacial score (nSPS) is 17.4. The summed E-state index contributed by atoms with van der Waals surface area (Å²) in [6.07, 6.45) is 9.34. The van der Waals surface area contributed by atoms with Crippen LogP contribution >= 0.6 is 21.0 Å². The third kappa shape index (κ3) is 6.14. The fourth-order valence-electron chi connectivity index (χ4n) is 1.31. The quantitative estimate of drug-likeness (QED) is 0.283. The summed E-state index contributed by atoms with van der Waals surface area (Å²) in [6, 6.07) is 1.96. The van der Waals surface area contributed by atoms with Crippen molar-refractivity contribution in [2.75, 3.05) is 0 Å². The van der Waals surface area contributed by atoms with Gasteiger partial charge < -0.3 is 4.74 Å². The highest BCUT2D eigenvalue weighted by Crippen LogP contribution is 2.33. The molecule has 1 aliphatic carbocycles. The number of allylic oxidation sites excluding steroid dienone is 6. The molecule has 20 heavy (non-hydrogen) atoms. The zero-order chi connectivity index (χ0) is 15.0. The smallest absolute Gasteiger partial charge is 0.438 e. The van der Waals surface area contributed by atoms with Crippen molar-refractivity contribution in [1.29, 1.82) is 5.26 Å². The van der Waals surface area contributed by atoms with Crippen molar-refractivity contribution in [3.63, 3.8) is 0 Å². The molecule has 0 N–H and O–H groups in total. The Labute approximate surface area is 125 Å². The van der Waals surface area contributed by atoms with Crippen LogP contribution < -0.4 is 0 Å². The van der Waals surface area contributed by atoms with E-state index in [1.165, 1.54) is 12.2 Å². The molecule has 0 aliphatic heterocycles. The van der Waals surface area contributed by atoms with E-state index in [-0.39, 0.29) is 11.6 Å². The van der Waals surface area contributed by atoms with E-state index in [4.69, 9.17) is 10.00 Å². The first kappa shape index (κ1) is 16.6. The summed E-state index contributed by atoms with van der Waals surface area (Å²) in [7, 11) is 0. The van der Waals surface area contributed by atoms with Crippen molar-refractivity contribution in [2.24, 2.45) is 3.15 Å². The first-order chi connectivity index (χ1) is 9.46. The van der Waals surface area contributed by atoms with Crippen molar-refractivity contribution >= 4 is 21.0 Å². The van der Waals surface area contributed by atoms with E-state index in [0.717, 1.165) is 6.42 Å². The Balaban J connectivity index is 2.92. The van der Waals surface area contributed by atoms with Crippen molar-refractivity contribution in [1.82, 2.24) is 0 Å². The first-order valence-electron chi connectivity index (χ1n) is 5.71. The highest BCUT2D eigenvalue weighted by Gasteiger charge is 2.26. The van der Waals surface area contributed by atoms with Gasteiger partial charge in [-0.25, -0.2) is 0 Å². The minimum absolute atomic E-state index is 0.123. The number of halogens is 4. The van der Waals surface area contributed by atoms with E-state index < -0.39 is 25.2 Å². The van der Waals surface area contributed by atoms with Gasteiger partial charge >= 0.3 is 4.18 Å². The second-order valence-electron chi connectivity index (χ2n) is 3.61. The van der Waals surface area contributed by atoms with E-state index in [2.05, 4.69) is 3.15 Å². The predicted molar refractivity (Wildman–Crippen MR) is 77.5 cm³/mol. The Morgan fingerprint density at radius 3 is 2.75 bits per heavy atom. The average molecular weight is 396 g/mol. The van der Waals surface area contributed by atoms with Gasteiger partial charge in [-0.15, -0.1) is 0 Å². The lowest BCUT2D eigenvalue weighted by Gasteiger charge is -2.12. The number of alkyl halides is 4. The summed E-state index contributed by atoms with van der Waals surface area (Å²) in [5, 5.41) is 8.93. The second kappa shape index (κ2) is 7.99. The molecule has 0 unspecified atom stereocenters. The molecule has 3 nitrogen and oxygen atoms in total. The molecule has 0 aromatic heterocycles. The molecule has 108 valence electrons. The summed E-state index contributed by atoms with van der Waals surface area (Å²) in [5.74, 6) is 0.145. The highest BCUT2D eigenvalue weighted by atomic mass is 127. The lowest BCUT2D eigenvalue weighted by molar-refractivity contribution is -0.0129. The van der Waals surface area contributed by atoms with Crippen LogP contribution in [0.3, 0.4) is 0 Å². The predicted octanol–water partition coefficient (Wildman–Crippen LogP) is 5.22. The minimum atomic E-state index is -4.29. The SMILES string of the molecule is C/C=C\C=C(/N=IC(F)(F)F)OC1=CCCC=C1C#N. The molecule has 0 saturated heterocycles. The Hall–Kier alpha value is -1.43. The molecule has 0 atom stereocenters. The summed E-state index contributed by atoms with van der Waals surface area (Å²) in [5.41, 5.74) is 0.322. The Morgan fingerprint density at radius 2 is 2.15 bits per heavy atom. The van der Waals surface area contributed by atoms with Crippen LogP contribution in [0, 0.1) is 11.3 Å².